The molecular formula is C19H26N2O6. The van der Waals surface area contributed by atoms with Gasteiger partial charge in [-0.2, -0.15) is 0 Å². The average molecular weight is 378 g/mol. The maximum atomic E-state index is 12.7. The SMILES string of the molecule is CCOC(=O)C(NC(=O)OC(C)(C)C)C1CC(O)c2ccccc2NC1=O. The number of hydrogen-bond donors (Lipinski definition) is 3. The van der Waals surface area contributed by atoms with Crippen LogP contribution in [-0.2, 0) is 19.1 Å². The summed E-state index contributed by atoms with van der Waals surface area (Å²) in [4.78, 5) is 37.3. The average Bonchev–Trinajstić information content (AvgIpc) is 2.68. The molecule has 1 heterocycles. The molecule has 1 aromatic carbocycles. The van der Waals surface area contributed by atoms with E-state index in [0.29, 0.717) is 11.3 Å². The summed E-state index contributed by atoms with van der Waals surface area (Å²) in [5, 5.41) is 15.7. The first-order valence-corrected chi connectivity index (χ1v) is 8.86. The predicted octanol–water partition coefficient (Wildman–Crippen LogP) is 2.13. The summed E-state index contributed by atoms with van der Waals surface area (Å²) < 4.78 is 10.2. The lowest BCUT2D eigenvalue weighted by Gasteiger charge is -2.27. The first-order chi connectivity index (χ1) is 12.6. The Balaban J connectivity index is 2.27. The first kappa shape index (κ1) is 20.7. The number of amides is 2. The van der Waals surface area contributed by atoms with Gasteiger partial charge in [0.1, 0.15) is 11.6 Å². The fourth-order valence-corrected chi connectivity index (χ4v) is 2.88. The van der Waals surface area contributed by atoms with Gasteiger partial charge in [0.05, 0.1) is 18.6 Å². The molecular weight excluding hydrogens is 352 g/mol. The van der Waals surface area contributed by atoms with Crippen LogP contribution in [0.1, 0.15) is 45.8 Å². The number of rotatable bonds is 4. The summed E-state index contributed by atoms with van der Waals surface area (Å²) in [6.07, 6.45) is -1.88. The van der Waals surface area contributed by atoms with E-state index < -0.39 is 41.6 Å². The van der Waals surface area contributed by atoms with E-state index in [9.17, 15) is 19.5 Å². The van der Waals surface area contributed by atoms with Crippen molar-refractivity contribution in [3.63, 3.8) is 0 Å². The number of carbonyl (C=O) groups excluding carboxylic acids is 3. The number of carbonyl (C=O) groups is 3. The number of aliphatic hydroxyl groups is 1. The number of benzene rings is 1. The predicted molar refractivity (Wildman–Crippen MR) is 97.9 cm³/mol. The molecule has 0 aliphatic carbocycles. The zero-order valence-corrected chi connectivity index (χ0v) is 15.9. The summed E-state index contributed by atoms with van der Waals surface area (Å²) in [5.74, 6) is -2.28. The molecule has 0 aromatic heterocycles. The normalized spacial score (nSPS) is 20.6. The van der Waals surface area contributed by atoms with Crippen LogP contribution in [0, 0.1) is 5.92 Å². The van der Waals surface area contributed by atoms with Crippen LogP contribution < -0.4 is 10.6 Å². The van der Waals surface area contributed by atoms with Gasteiger partial charge in [-0.05, 0) is 40.2 Å². The van der Waals surface area contributed by atoms with Crippen LogP contribution in [-0.4, -0.2) is 41.3 Å². The van der Waals surface area contributed by atoms with Gasteiger partial charge in [0.25, 0.3) is 0 Å². The molecule has 27 heavy (non-hydrogen) atoms. The van der Waals surface area contributed by atoms with Crippen LogP contribution in [0.5, 0.6) is 0 Å². The van der Waals surface area contributed by atoms with Crippen LogP contribution in [0.2, 0.25) is 0 Å². The minimum atomic E-state index is -1.29. The summed E-state index contributed by atoms with van der Waals surface area (Å²) in [6.45, 7) is 6.77. The van der Waals surface area contributed by atoms with Gasteiger partial charge in [0.2, 0.25) is 5.91 Å². The maximum Gasteiger partial charge on any atom is 0.408 e. The molecule has 0 radical (unpaired) electrons. The molecule has 3 unspecified atom stereocenters. The van der Waals surface area contributed by atoms with Gasteiger partial charge in [-0.15, -0.1) is 0 Å². The molecule has 2 amide bonds. The fourth-order valence-electron chi connectivity index (χ4n) is 2.88. The van der Waals surface area contributed by atoms with Gasteiger partial charge in [-0.1, -0.05) is 18.2 Å². The quantitative estimate of drug-likeness (QED) is 0.692. The summed E-state index contributed by atoms with van der Waals surface area (Å²) in [6, 6.07) is 5.55. The molecule has 2 rings (SSSR count). The van der Waals surface area contributed by atoms with Gasteiger partial charge >= 0.3 is 12.1 Å². The van der Waals surface area contributed by atoms with Crippen molar-refractivity contribution in [2.24, 2.45) is 5.92 Å². The molecule has 1 aliphatic heterocycles. The lowest BCUT2D eigenvalue weighted by molar-refractivity contribution is -0.149. The van der Waals surface area contributed by atoms with Crippen molar-refractivity contribution in [1.82, 2.24) is 5.32 Å². The third-order valence-electron chi connectivity index (χ3n) is 4.01. The third kappa shape index (κ3) is 5.43. The van der Waals surface area contributed by atoms with E-state index in [-0.39, 0.29) is 13.0 Å². The second kappa shape index (κ2) is 8.39. The van der Waals surface area contributed by atoms with Crippen LogP contribution >= 0.6 is 0 Å². The highest BCUT2D eigenvalue weighted by molar-refractivity contribution is 5.98. The highest BCUT2D eigenvalue weighted by atomic mass is 16.6. The van der Waals surface area contributed by atoms with Crippen molar-refractivity contribution in [3.8, 4) is 0 Å². The Kier molecular flexibility index (Phi) is 6.43. The second-order valence-corrected chi connectivity index (χ2v) is 7.31. The number of aliphatic hydroxyl groups excluding tert-OH is 1. The van der Waals surface area contributed by atoms with Crippen molar-refractivity contribution in [2.75, 3.05) is 11.9 Å². The molecule has 0 fully saturated rings. The Morgan fingerprint density at radius 2 is 2.00 bits per heavy atom. The van der Waals surface area contributed by atoms with Crippen molar-refractivity contribution in [1.29, 1.82) is 0 Å². The fraction of sp³-hybridized carbons (Fsp3) is 0.526. The van der Waals surface area contributed by atoms with Gasteiger partial charge < -0.3 is 25.2 Å². The van der Waals surface area contributed by atoms with E-state index in [0.717, 1.165) is 0 Å². The Hall–Kier alpha value is -2.61. The molecule has 0 bridgehead atoms. The molecule has 0 saturated carbocycles. The zero-order chi connectivity index (χ0) is 20.2. The zero-order valence-electron chi connectivity index (χ0n) is 15.9. The number of alkyl carbamates (subject to hydrolysis) is 1. The number of anilines is 1. The molecule has 0 saturated heterocycles. The van der Waals surface area contributed by atoms with E-state index in [1.807, 2.05) is 0 Å². The number of nitrogens with one attached hydrogen (secondary N) is 2. The minimum absolute atomic E-state index is 0.0534. The molecule has 8 nitrogen and oxygen atoms in total. The van der Waals surface area contributed by atoms with E-state index >= 15 is 0 Å². The number of fused-ring (bicyclic) bond motifs is 1. The topological polar surface area (TPSA) is 114 Å². The van der Waals surface area contributed by atoms with Crippen molar-refractivity contribution < 1.29 is 29.0 Å². The molecule has 3 atom stereocenters. The molecule has 3 N–H and O–H groups in total. The number of ether oxygens (including phenoxy) is 2. The minimum Gasteiger partial charge on any atom is -0.464 e. The van der Waals surface area contributed by atoms with Gasteiger partial charge in [0.15, 0.2) is 0 Å². The van der Waals surface area contributed by atoms with E-state index in [1.54, 1.807) is 52.0 Å². The van der Waals surface area contributed by atoms with Crippen LogP contribution in [0.25, 0.3) is 0 Å². The van der Waals surface area contributed by atoms with Crippen molar-refractivity contribution in [2.45, 2.75) is 51.9 Å². The smallest absolute Gasteiger partial charge is 0.408 e. The van der Waals surface area contributed by atoms with E-state index in [1.165, 1.54) is 0 Å². The lowest BCUT2D eigenvalue weighted by Crippen LogP contribution is -2.51. The van der Waals surface area contributed by atoms with Crippen molar-refractivity contribution in [3.05, 3.63) is 29.8 Å². The molecule has 1 aliphatic rings. The van der Waals surface area contributed by atoms with Crippen LogP contribution in [0.15, 0.2) is 24.3 Å². The highest BCUT2D eigenvalue weighted by Crippen LogP contribution is 2.33. The van der Waals surface area contributed by atoms with E-state index in [4.69, 9.17) is 9.47 Å². The Bertz CT molecular complexity index is 712. The van der Waals surface area contributed by atoms with Gasteiger partial charge in [-0.3, -0.25) is 4.79 Å². The van der Waals surface area contributed by atoms with Crippen molar-refractivity contribution >= 4 is 23.7 Å². The van der Waals surface area contributed by atoms with Crippen LogP contribution in [0.3, 0.4) is 0 Å². The number of esters is 1. The molecule has 148 valence electrons. The van der Waals surface area contributed by atoms with Gasteiger partial charge in [0, 0.05) is 11.3 Å². The highest BCUT2D eigenvalue weighted by Gasteiger charge is 2.40. The lowest BCUT2D eigenvalue weighted by atomic mass is 9.91. The standard InChI is InChI=1S/C19H26N2O6/c1-5-26-17(24)15(21-18(25)27-19(2,3)4)12-10-14(22)11-8-6-7-9-13(11)20-16(12)23/h6-9,12,14-15,22H,5,10H2,1-4H3,(H,20,23)(H,21,25). The third-order valence-corrected chi connectivity index (χ3v) is 4.01. The maximum absolute atomic E-state index is 12.7. The number of hydrogen-bond acceptors (Lipinski definition) is 6. The summed E-state index contributed by atoms with van der Waals surface area (Å²) in [7, 11) is 0. The monoisotopic (exact) mass is 378 g/mol. The van der Waals surface area contributed by atoms with E-state index in [2.05, 4.69) is 10.6 Å². The molecule has 8 heteroatoms. The Morgan fingerprint density at radius 3 is 2.63 bits per heavy atom. The largest absolute Gasteiger partial charge is 0.464 e. The van der Waals surface area contributed by atoms with Crippen LogP contribution in [0.4, 0.5) is 10.5 Å². The second-order valence-electron chi connectivity index (χ2n) is 7.31. The first-order valence-electron chi connectivity index (χ1n) is 8.86. The summed E-state index contributed by atoms with van der Waals surface area (Å²) in [5.41, 5.74) is 0.246. The Morgan fingerprint density at radius 1 is 1.33 bits per heavy atom. The Labute approximate surface area is 158 Å². The van der Waals surface area contributed by atoms with Gasteiger partial charge in [-0.25, -0.2) is 9.59 Å². The molecule has 0 spiro atoms. The summed E-state index contributed by atoms with van der Waals surface area (Å²) >= 11 is 0. The molecule has 1 aromatic rings. The number of para-hydroxylation sites is 1.